The number of rotatable bonds is 4. The average molecular weight is 273 g/mol. The number of carboxylic acid groups (broad SMARTS) is 1. The quantitative estimate of drug-likeness (QED) is 0.919. The predicted octanol–water partition coefficient (Wildman–Crippen LogP) is 3.88. The third kappa shape index (κ3) is 3.29. The molecule has 0 spiro atoms. The molecule has 2 rings (SSSR count). The van der Waals surface area contributed by atoms with Gasteiger partial charge in [-0.25, -0.2) is 9.78 Å². The van der Waals surface area contributed by atoms with Gasteiger partial charge in [0.15, 0.2) is 0 Å². The number of thiazole rings is 1. The van der Waals surface area contributed by atoms with Crippen molar-refractivity contribution < 1.29 is 9.90 Å². The summed E-state index contributed by atoms with van der Waals surface area (Å²) in [6, 6.07) is 8.05. The van der Waals surface area contributed by atoms with Gasteiger partial charge in [0.2, 0.25) is 0 Å². The Morgan fingerprint density at radius 1 is 1.32 bits per heavy atom. The standard InChI is InChI=1S/C15H15NO2S/c1-3-13-16-12(14(19-13)15(17)18)9-8-11-6-4-10(2)5-7-11/h4-9H,3H2,1-2H3,(H,17,18)/b9-8+. The fourth-order valence-corrected chi connectivity index (χ4v) is 2.48. The first kappa shape index (κ1) is 13.5. The summed E-state index contributed by atoms with van der Waals surface area (Å²) in [5.74, 6) is -0.916. The topological polar surface area (TPSA) is 50.2 Å². The molecule has 2 aromatic rings. The van der Waals surface area contributed by atoms with Gasteiger partial charge in [-0.05, 0) is 25.0 Å². The minimum Gasteiger partial charge on any atom is -0.477 e. The molecule has 1 aromatic carbocycles. The molecule has 98 valence electrons. The van der Waals surface area contributed by atoms with Crippen molar-refractivity contribution in [1.29, 1.82) is 0 Å². The summed E-state index contributed by atoms with van der Waals surface area (Å²) in [5.41, 5.74) is 2.77. The van der Waals surface area contributed by atoms with E-state index in [1.165, 1.54) is 16.9 Å². The Morgan fingerprint density at radius 3 is 2.58 bits per heavy atom. The molecule has 0 saturated carbocycles. The maximum absolute atomic E-state index is 11.1. The number of aryl methyl sites for hydroxylation is 2. The predicted molar refractivity (Wildman–Crippen MR) is 78.6 cm³/mol. The fourth-order valence-electron chi connectivity index (χ4n) is 1.65. The first-order valence-corrected chi connectivity index (χ1v) is 6.89. The van der Waals surface area contributed by atoms with E-state index in [4.69, 9.17) is 5.11 Å². The van der Waals surface area contributed by atoms with Gasteiger partial charge in [0, 0.05) is 0 Å². The number of nitrogens with zero attached hydrogens (tertiary/aromatic N) is 1. The summed E-state index contributed by atoms with van der Waals surface area (Å²) in [7, 11) is 0. The number of aromatic nitrogens is 1. The normalized spacial score (nSPS) is 11.1. The van der Waals surface area contributed by atoms with Crippen LogP contribution >= 0.6 is 11.3 Å². The van der Waals surface area contributed by atoms with E-state index in [9.17, 15) is 4.79 Å². The van der Waals surface area contributed by atoms with Crippen molar-refractivity contribution in [2.45, 2.75) is 20.3 Å². The molecule has 0 atom stereocenters. The van der Waals surface area contributed by atoms with Crippen LogP contribution in [0.2, 0.25) is 0 Å². The van der Waals surface area contributed by atoms with Crippen molar-refractivity contribution in [3.05, 3.63) is 51.0 Å². The molecule has 19 heavy (non-hydrogen) atoms. The molecule has 0 bridgehead atoms. The van der Waals surface area contributed by atoms with Crippen LogP contribution in [0, 0.1) is 6.92 Å². The number of hydrogen-bond donors (Lipinski definition) is 1. The van der Waals surface area contributed by atoms with Crippen LogP contribution in [0.1, 0.15) is 38.4 Å². The highest BCUT2D eigenvalue weighted by atomic mass is 32.1. The van der Waals surface area contributed by atoms with E-state index in [1.54, 1.807) is 6.08 Å². The lowest BCUT2D eigenvalue weighted by Gasteiger charge is -1.94. The Kier molecular flexibility index (Phi) is 4.12. The van der Waals surface area contributed by atoms with E-state index < -0.39 is 5.97 Å². The summed E-state index contributed by atoms with van der Waals surface area (Å²) in [6.07, 6.45) is 4.41. The highest BCUT2D eigenvalue weighted by Gasteiger charge is 2.14. The SMILES string of the molecule is CCc1nc(/C=C/c2ccc(C)cc2)c(C(=O)O)s1. The molecule has 3 nitrogen and oxygen atoms in total. The Hall–Kier alpha value is -1.94. The van der Waals surface area contributed by atoms with Gasteiger partial charge < -0.3 is 5.11 Å². The molecule has 4 heteroatoms. The zero-order chi connectivity index (χ0) is 13.8. The average Bonchev–Trinajstić information content (AvgIpc) is 2.81. The first-order valence-electron chi connectivity index (χ1n) is 6.08. The molecule has 1 heterocycles. The second-order valence-electron chi connectivity index (χ2n) is 4.22. The van der Waals surface area contributed by atoms with Crippen LogP contribution in [0.15, 0.2) is 24.3 Å². The lowest BCUT2D eigenvalue weighted by molar-refractivity contribution is 0.0701. The summed E-state index contributed by atoms with van der Waals surface area (Å²) in [5, 5.41) is 9.99. The third-order valence-corrected chi connectivity index (χ3v) is 3.91. The van der Waals surface area contributed by atoms with Crippen molar-refractivity contribution in [3.63, 3.8) is 0 Å². The Morgan fingerprint density at radius 2 is 2.00 bits per heavy atom. The number of aromatic carboxylic acids is 1. The minimum absolute atomic E-state index is 0.306. The minimum atomic E-state index is -0.916. The smallest absolute Gasteiger partial charge is 0.348 e. The zero-order valence-corrected chi connectivity index (χ0v) is 11.7. The summed E-state index contributed by atoms with van der Waals surface area (Å²) in [6.45, 7) is 4.00. The molecule has 0 radical (unpaired) electrons. The summed E-state index contributed by atoms with van der Waals surface area (Å²) in [4.78, 5) is 15.8. The largest absolute Gasteiger partial charge is 0.477 e. The van der Waals surface area contributed by atoms with Crippen LogP contribution in [0.5, 0.6) is 0 Å². The molecule has 1 N–H and O–H groups in total. The van der Waals surface area contributed by atoms with Gasteiger partial charge in [0.05, 0.1) is 10.7 Å². The van der Waals surface area contributed by atoms with Crippen LogP contribution < -0.4 is 0 Å². The molecular weight excluding hydrogens is 258 g/mol. The van der Waals surface area contributed by atoms with Gasteiger partial charge in [-0.3, -0.25) is 0 Å². The van der Waals surface area contributed by atoms with Crippen molar-refractivity contribution in [2.24, 2.45) is 0 Å². The van der Waals surface area contributed by atoms with Crippen molar-refractivity contribution in [1.82, 2.24) is 4.98 Å². The number of carbonyl (C=O) groups is 1. The molecule has 0 aliphatic rings. The van der Waals surface area contributed by atoms with E-state index >= 15 is 0 Å². The third-order valence-electron chi connectivity index (χ3n) is 2.71. The molecule has 0 fully saturated rings. The second kappa shape index (κ2) is 5.80. The second-order valence-corrected chi connectivity index (χ2v) is 5.31. The molecular formula is C15H15NO2S. The van der Waals surface area contributed by atoms with Crippen LogP contribution in [-0.2, 0) is 6.42 Å². The van der Waals surface area contributed by atoms with E-state index in [2.05, 4.69) is 4.98 Å². The van der Waals surface area contributed by atoms with Crippen molar-refractivity contribution >= 4 is 29.5 Å². The lowest BCUT2D eigenvalue weighted by Crippen LogP contribution is -1.94. The summed E-state index contributed by atoms with van der Waals surface area (Å²) < 4.78 is 0. The van der Waals surface area contributed by atoms with Gasteiger partial charge in [-0.1, -0.05) is 42.8 Å². The number of hydrogen-bond acceptors (Lipinski definition) is 3. The van der Waals surface area contributed by atoms with E-state index in [0.29, 0.717) is 10.6 Å². The Balaban J connectivity index is 2.29. The monoisotopic (exact) mass is 273 g/mol. The Bertz CT molecular complexity index is 612. The van der Waals surface area contributed by atoms with Crippen LogP contribution in [0.3, 0.4) is 0 Å². The fraction of sp³-hybridized carbons (Fsp3) is 0.200. The Labute approximate surface area is 116 Å². The van der Waals surface area contributed by atoms with E-state index in [0.717, 1.165) is 17.0 Å². The van der Waals surface area contributed by atoms with Crippen molar-refractivity contribution in [2.75, 3.05) is 0 Å². The van der Waals surface area contributed by atoms with Gasteiger partial charge in [0.25, 0.3) is 0 Å². The molecule has 0 aliphatic heterocycles. The highest BCUT2D eigenvalue weighted by Crippen LogP contribution is 2.21. The van der Waals surface area contributed by atoms with Gasteiger partial charge in [0.1, 0.15) is 4.88 Å². The highest BCUT2D eigenvalue weighted by molar-refractivity contribution is 7.13. The maximum atomic E-state index is 11.1. The number of benzene rings is 1. The summed E-state index contributed by atoms with van der Waals surface area (Å²) >= 11 is 1.24. The van der Waals surface area contributed by atoms with Crippen LogP contribution in [-0.4, -0.2) is 16.1 Å². The van der Waals surface area contributed by atoms with Gasteiger partial charge >= 0.3 is 5.97 Å². The molecule has 1 aromatic heterocycles. The zero-order valence-electron chi connectivity index (χ0n) is 10.9. The molecule has 0 amide bonds. The lowest BCUT2D eigenvalue weighted by atomic mass is 10.1. The first-order chi connectivity index (χ1) is 9.10. The van der Waals surface area contributed by atoms with Gasteiger partial charge in [-0.15, -0.1) is 11.3 Å². The molecule has 0 aliphatic carbocycles. The van der Waals surface area contributed by atoms with Gasteiger partial charge in [-0.2, -0.15) is 0 Å². The number of carboxylic acids is 1. The van der Waals surface area contributed by atoms with Crippen LogP contribution in [0.4, 0.5) is 0 Å². The molecule has 0 unspecified atom stereocenters. The van der Waals surface area contributed by atoms with Crippen LogP contribution in [0.25, 0.3) is 12.2 Å². The van der Waals surface area contributed by atoms with E-state index in [1.807, 2.05) is 44.2 Å². The molecule has 0 saturated heterocycles. The van der Waals surface area contributed by atoms with E-state index in [-0.39, 0.29) is 0 Å². The maximum Gasteiger partial charge on any atom is 0.348 e. The van der Waals surface area contributed by atoms with Crippen molar-refractivity contribution in [3.8, 4) is 0 Å².